The number of benzene rings is 7. The van der Waals surface area contributed by atoms with Gasteiger partial charge in [-0.15, -0.1) is 0 Å². The van der Waals surface area contributed by atoms with Crippen molar-refractivity contribution in [3.63, 3.8) is 0 Å². The third-order valence-corrected chi connectivity index (χ3v) is 9.45. The zero-order valence-corrected chi connectivity index (χ0v) is 26.9. The molecule has 0 saturated carbocycles. The molecule has 5 nitrogen and oxygen atoms in total. The molecule has 0 aliphatic rings. The van der Waals surface area contributed by atoms with Crippen LogP contribution in [0.1, 0.15) is 0 Å². The number of rotatable bonds is 5. The molecule has 10 rings (SSSR count). The van der Waals surface area contributed by atoms with E-state index in [2.05, 4.69) is 102 Å². The molecule has 5 heteroatoms. The Morgan fingerprint density at radius 1 is 0.360 bits per heavy atom. The lowest BCUT2D eigenvalue weighted by atomic mass is 10.00. The van der Waals surface area contributed by atoms with Crippen molar-refractivity contribution in [3.8, 4) is 51.0 Å². The summed E-state index contributed by atoms with van der Waals surface area (Å²) in [6.07, 6.45) is 0. The summed E-state index contributed by atoms with van der Waals surface area (Å²) in [6, 6.07) is 58.6. The molecule has 0 saturated heterocycles. The van der Waals surface area contributed by atoms with Crippen molar-refractivity contribution >= 4 is 43.7 Å². The van der Waals surface area contributed by atoms with Crippen molar-refractivity contribution < 1.29 is 4.42 Å². The van der Waals surface area contributed by atoms with Gasteiger partial charge in [-0.25, -0.2) is 15.0 Å². The standard InChI is InChI=1S/C45H28N4O/c1-4-14-29(15-5-1)35-26-32(45-47-43(30-16-6-2-7-17-30)46-44(48-45)31-18-8-3-9-19-31)24-25-39(35)49-38-22-12-10-20-33(38)36-28-42-37(27-40(36)49)34-21-11-13-23-41(34)50-42/h1-28H. The van der Waals surface area contributed by atoms with Crippen LogP contribution in [-0.2, 0) is 0 Å². The van der Waals surface area contributed by atoms with Gasteiger partial charge in [0.15, 0.2) is 17.5 Å². The second kappa shape index (κ2) is 11.4. The Morgan fingerprint density at radius 3 is 1.60 bits per heavy atom. The summed E-state index contributed by atoms with van der Waals surface area (Å²) in [7, 11) is 0. The average molecular weight is 641 g/mol. The summed E-state index contributed by atoms with van der Waals surface area (Å²) in [5, 5.41) is 4.53. The molecule has 7 aromatic carbocycles. The van der Waals surface area contributed by atoms with Crippen LogP contribution in [0.5, 0.6) is 0 Å². The first kappa shape index (κ1) is 28.2. The number of hydrogen-bond acceptors (Lipinski definition) is 4. The fourth-order valence-electron chi connectivity index (χ4n) is 7.10. The van der Waals surface area contributed by atoms with Crippen LogP contribution >= 0.6 is 0 Å². The highest BCUT2D eigenvalue weighted by Gasteiger charge is 2.20. The Hall–Kier alpha value is -6.85. The number of furan rings is 1. The SMILES string of the molecule is c1ccc(-c2nc(-c3ccccc3)nc(-c3ccc(-n4c5ccccc5c5cc6oc7ccccc7c6cc54)c(-c4ccccc4)c3)n2)cc1. The lowest BCUT2D eigenvalue weighted by molar-refractivity contribution is 0.669. The summed E-state index contributed by atoms with van der Waals surface area (Å²) in [5.74, 6) is 1.90. The predicted molar refractivity (Wildman–Crippen MR) is 203 cm³/mol. The van der Waals surface area contributed by atoms with Gasteiger partial charge in [0.2, 0.25) is 0 Å². The zero-order valence-electron chi connectivity index (χ0n) is 26.9. The van der Waals surface area contributed by atoms with E-state index in [1.54, 1.807) is 0 Å². The average Bonchev–Trinajstić information content (AvgIpc) is 3.72. The summed E-state index contributed by atoms with van der Waals surface area (Å²) < 4.78 is 8.72. The molecular weight excluding hydrogens is 613 g/mol. The molecule has 0 amide bonds. The molecule has 0 atom stereocenters. The van der Waals surface area contributed by atoms with Gasteiger partial charge in [-0.2, -0.15) is 0 Å². The van der Waals surface area contributed by atoms with Crippen LogP contribution in [0.2, 0.25) is 0 Å². The van der Waals surface area contributed by atoms with Crippen LogP contribution in [0.15, 0.2) is 174 Å². The van der Waals surface area contributed by atoms with Crippen molar-refractivity contribution in [3.05, 3.63) is 170 Å². The van der Waals surface area contributed by atoms with Crippen LogP contribution in [-0.4, -0.2) is 19.5 Å². The Morgan fingerprint density at radius 2 is 0.920 bits per heavy atom. The van der Waals surface area contributed by atoms with Crippen molar-refractivity contribution in [1.29, 1.82) is 0 Å². The van der Waals surface area contributed by atoms with Crippen LogP contribution < -0.4 is 0 Å². The van der Waals surface area contributed by atoms with Crippen molar-refractivity contribution in [2.45, 2.75) is 0 Å². The molecule has 10 aromatic rings. The van der Waals surface area contributed by atoms with E-state index >= 15 is 0 Å². The van der Waals surface area contributed by atoms with Crippen LogP contribution in [0.3, 0.4) is 0 Å². The number of para-hydroxylation sites is 2. The largest absolute Gasteiger partial charge is 0.456 e. The topological polar surface area (TPSA) is 56.7 Å². The Bertz CT molecular complexity index is 2800. The second-order valence-electron chi connectivity index (χ2n) is 12.5. The molecule has 0 aliphatic carbocycles. The van der Waals surface area contributed by atoms with E-state index in [1.165, 1.54) is 5.39 Å². The monoisotopic (exact) mass is 640 g/mol. The molecule has 0 fully saturated rings. The Kier molecular flexibility index (Phi) is 6.42. The van der Waals surface area contributed by atoms with E-state index in [0.717, 1.165) is 71.9 Å². The van der Waals surface area contributed by atoms with Gasteiger partial charge in [0.05, 0.1) is 16.7 Å². The maximum atomic E-state index is 6.34. The summed E-state index contributed by atoms with van der Waals surface area (Å²) in [6.45, 7) is 0. The first-order chi connectivity index (χ1) is 24.8. The lowest BCUT2D eigenvalue weighted by Crippen LogP contribution is -2.02. The molecule has 0 bridgehead atoms. The number of aromatic nitrogens is 4. The number of nitrogens with zero attached hydrogens (tertiary/aromatic N) is 4. The van der Waals surface area contributed by atoms with E-state index in [0.29, 0.717) is 17.5 Å². The quantitative estimate of drug-likeness (QED) is 0.188. The van der Waals surface area contributed by atoms with Gasteiger partial charge in [0.25, 0.3) is 0 Å². The van der Waals surface area contributed by atoms with Crippen LogP contribution in [0.4, 0.5) is 0 Å². The smallest absolute Gasteiger partial charge is 0.164 e. The van der Waals surface area contributed by atoms with E-state index in [9.17, 15) is 0 Å². The van der Waals surface area contributed by atoms with Crippen LogP contribution in [0, 0.1) is 0 Å². The first-order valence-electron chi connectivity index (χ1n) is 16.7. The fraction of sp³-hybridized carbons (Fsp3) is 0. The van der Waals surface area contributed by atoms with Crippen molar-refractivity contribution in [2.75, 3.05) is 0 Å². The van der Waals surface area contributed by atoms with Crippen LogP contribution in [0.25, 0.3) is 94.7 Å². The van der Waals surface area contributed by atoms with Gasteiger partial charge in [0, 0.05) is 43.8 Å². The minimum atomic E-state index is 0.621. The van der Waals surface area contributed by atoms with E-state index in [1.807, 2.05) is 72.8 Å². The molecule has 234 valence electrons. The van der Waals surface area contributed by atoms with Gasteiger partial charge in [-0.05, 0) is 48.0 Å². The van der Waals surface area contributed by atoms with Gasteiger partial charge in [-0.3, -0.25) is 0 Å². The minimum Gasteiger partial charge on any atom is -0.456 e. The molecule has 0 aliphatic heterocycles. The molecule has 50 heavy (non-hydrogen) atoms. The van der Waals surface area contributed by atoms with E-state index < -0.39 is 0 Å². The van der Waals surface area contributed by atoms with Gasteiger partial charge in [0.1, 0.15) is 11.2 Å². The van der Waals surface area contributed by atoms with E-state index in [4.69, 9.17) is 19.4 Å². The minimum absolute atomic E-state index is 0.621. The zero-order chi connectivity index (χ0) is 33.0. The molecule has 3 aromatic heterocycles. The normalized spacial score (nSPS) is 11.6. The molecule has 0 spiro atoms. The molecular formula is C45H28N4O. The summed E-state index contributed by atoms with van der Waals surface area (Å²) in [4.78, 5) is 15.0. The Labute approximate surface area is 287 Å². The molecule has 0 unspecified atom stereocenters. The van der Waals surface area contributed by atoms with Gasteiger partial charge >= 0.3 is 0 Å². The third-order valence-electron chi connectivity index (χ3n) is 9.45. The number of fused-ring (bicyclic) bond motifs is 6. The fourth-order valence-corrected chi connectivity index (χ4v) is 7.10. The first-order valence-corrected chi connectivity index (χ1v) is 16.7. The summed E-state index contributed by atoms with van der Waals surface area (Å²) >= 11 is 0. The van der Waals surface area contributed by atoms with Crippen molar-refractivity contribution in [2.24, 2.45) is 0 Å². The van der Waals surface area contributed by atoms with Gasteiger partial charge in [-0.1, -0.05) is 127 Å². The Balaban J connectivity index is 1.24. The highest BCUT2D eigenvalue weighted by atomic mass is 16.3. The maximum Gasteiger partial charge on any atom is 0.164 e. The maximum absolute atomic E-state index is 6.34. The number of hydrogen-bond donors (Lipinski definition) is 0. The third kappa shape index (κ3) is 4.60. The van der Waals surface area contributed by atoms with Gasteiger partial charge < -0.3 is 8.98 Å². The molecule has 3 heterocycles. The van der Waals surface area contributed by atoms with E-state index in [-0.39, 0.29) is 0 Å². The highest BCUT2D eigenvalue weighted by Crippen LogP contribution is 2.41. The summed E-state index contributed by atoms with van der Waals surface area (Å²) in [5.41, 5.74) is 10.1. The van der Waals surface area contributed by atoms with Crippen molar-refractivity contribution in [1.82, 2.24) is 19.5 Å². The lowest BCUT2D eigenvalue weighted by Gasteiger charge is -2.16. The highest BCUT2D eigenvalue weighted by molar-refractivity contribution is 6.17. The second-order valence-corrected chi connectivity index (χ2v) is 12.5. The predicted octanol–water partition coefficient (Wildman–Crippen LogP) is 11.5. The molecule has 0 radical (unpaired) electrons. The molecule has 0 N–H and O–H groups in total.